The van der Waals surface area contributed by atoms with E-state index in [0.717, 1.165) is 31.9 Å². The first-order valence-electron chi connectivity index (χ1n) is 11.1. The van der Waals surface area contributed by atoms with Gasteiger partial charge in [0.15, 0.2) is 5.78 Å². The third kappa shape index (κ3) is 5.24. The van der Waals surface area contributed by atoms with Gasteiger partial charge in [-0.05, 0) is 48.9 Å². The number of hydrogen-bond acceptors (Lipinski definition) is 6. The molecule has 1 fully saturated rings. The molecule has 0 aliphatic carbocycles. The van der Waals surface area contributed by atoms with Gasteiger partial charge in [0.25, 0.3) is 0 Å². The second-order valence-electron chi connectivity index (χ2n) is 8.34. The van der Waals surface area contributed by atoms with Crippen LogP contribution in [0, 0.1) is 0 Å². The van der Waals surface area contributed by atoms with Crippen LogP contribution in [0.2, 0.25) is 5.02 Å². The predicted octanol–water partition coefficient (Wildman–Crippen LogP) is 3.15. The summed E-state index contributed by atoms with van der Waals surface area (Å²) in [6, 6.07) is 13.7. The fourth-order valence-electron chi connectivity index (χ4n) is 4.32. The number of Topliss-reactive ketones (excluding diaryl/α,β-unsaturated/α-hetero) is 1. The Labute approximate surface area is 203 Å². The molecule has 0 spiro atoms. The largest absolute Gasteiger partial charge is 0.466 e. The number of benzene rings is 2. The van der Waals surface area contributed by atoms with E-state index < -0.39 is 12.0 Å². The van der Waals surface area contributed by atoms with Crippen molar-refractivity contribution in [2.24, 2.45) is 0 Å². The lowest BCUT2D eigenvalue weighted by molar-refractivity contribution is -0.136. The van der Waals surface area contributed by atoms with Crippen molar-refractivity contribution >= 4 is 35.1 Å². The Morgan fingerprint density at radius 3 is 2.41 bits per heavy atom. The van der Waals surface area contributed by atoms with Crippen LogP contribution in [-0.2, 0) is 9.53 Å². The van der Waals surface area contributed by atoms with E-state index in [1.54, 1.807) is 25.1 Å². The van der Waals surface area contributed by atoms with Gasteiger partial charge in [-0.25, -0.2) is 9.59 Å². The lowest BCUT2D eigenvalue weighted by atomic mass is 9.95. The van der Waals surface area contributed by atoms with Gasteiger partial charge in [-0.15, -0.1) is 0 Å². The summed E-state index contributed by atoms with van der Waals surface area (Å²) in [5.41, 5.74) is 3.36. The van der Waals surface area contributed by atoms with Gasteiger partial charge in [-0.2, -0.15) is 0 Å². The number of carbonyl (C=O) groups excluding carboxylic acids is 3. The van der Waals surface area contributed by atoms with Crippen molar-refractivity contribution in [2.75, 3.05) is 44.7 Å². The normalized spacial score (nSPS) is 18.9. The van der Waals surface area contributed by atoms with Crippen LogP contribution >= 0.6 is 11.6 Å². The zero-order chi connectivity index (χ0) is 24.2. The van der Waals surface area contributed by atoms with Gasteiger partial charge in [0.05, 0.1) is 18.7 Å². The monoisotopic (exact) mass is 482 g/mol. The molecule has 178 valence electrons. The molecule has 0 bridgehead atoms. The molecule has 0 radical (unpaired) electrons. The van der Waals surface area contributed by atoms with E-state index in [2.05, 4.69) is 20.4 Å². The summed E-state index contributed by atoms with van der Waals surface area (Å²) >= 11 is 6.15. The number of amides is 2. The molecular formula is C25H27ClN4O4. The number of esters is 1. The van der Waals surface area contributed by atoms with Crippen molar-refractivity contribution in [1.82, 2.24) is 15.5 Å². The summed E-state index contributed by atoms with van der Waals surface area (Å²) in [6.07, 6.45) is 0. The number of nitrogens with one attached hydrogen (secondary N) is 2. The van der Waals surface area contributed by atoms with Crippen molar-refractivity contribution in [3.8, 4) is 0 Å². The van der Waals surface area contributed by atoms with E-state index in [0.29, 0.717) is 34.0 Å². The van der Waals surface area contributed by atoms with Crippen LogP contribution in [0.1, 0.15) is 28.9 Å². The van der Waals surface area contributed by atoms with Crippen LogP contribution in [0.15, 0.2) is 59.8 Å². The van der Waals surface area contributed by atoms with Crippen molar-refractivity contribution in [1.29, 1.82) is 0 Å². The molecule has 34 heavy (non-hydrogen) atoms. The molecular weight excluding hydrogens is 456 g/mol. The van der Waals surface area contributed by atoms with Crippen LogP contribution in [0.5, 0.6) is 0 Å². The van der Waals surface area contributed by atoms with E-state index >= 15 is 0 Å². The summed E-state index contributed by atoms with van der Waals surface area (Å²) in [5, 5.41) is 6.14. The molecule has 1 saturated heterocycles. The molecule has 2 aromatic rings. The Kier molecular flexibility index (Phi) is 7.19. The van der Waals surface area contributed by atoms with Gasteiger partial charge < -0.3 is 20.3 Å². The molecule has 0 unspecified atom stereocenters. The summed E-state index contributed by atoms with van der Waals surface area (Å²) in [5.74, 6) is -0.456. The first kappa shape index (κ1) is 23.8. The molecule has 2 aliphatic rings. The third-order valence-corrected chi connectivity index (χ3v) is 6.37. The van der Waals surface area contributed by atoms with Crippen LogP contribution < -0.4 is 15.5 Å². The molecule has 2 heterocycles. The molecule has 4 rings (SSSR count). The smallest absolute Gasteiger partial charge is 0.338 e. The number of hydrogen-bond donors (Lipinski definition) is 2. The summed E-state index contributed by atoms with van der Waals surface area (Å²) in [6.45, 7) is 5.02. The standard InChI is InChI=1S/C25H27ClN4O4/c1-16(31)17-6-8-20(9-7-17)30-12-10-29(11-13-30)15-21-22(24(32)34-2)23(28-25(33)27-21)18-4-3-5-19(26)14-18/h3-9,14,23H,10-13,15H2,1-2H3,(H2,27,28,33)/t23-/m1/s1. The van der Waals surface area contributed by atoms with E-state index in [1.165, 1.54) is 7.11 Å². The zero-order valence-corrected chi connectivity index (χ0v) is 19.9. The number of ketones is 1. The molecule has 9 heteroatoms. The average Bonchev–Trinajstić information content (AvgIpc) is 2.84. The minimum absolute atomic E-state index is 0.0474. The number of methoxy groups -OCH3 is 1. The number of piperazine rings is 1. The lowest BCUT2D eigenvalue weighted by Crippen LogP contribution is -2.51. The van der Waals surface area contributed by atoms with E-state index in [4.69, 9.17) is 16.3 Å². The van der Waals surface area contributed by atoms with Crippen LogP contribution in [0.25, 0.3) is 0 Å². The maximum atomic E-state index is 12.8. The number of carbonyl (C=O) groups is 3. The number of urea groups is 1. The van der Waals surface area contributed by atoms with Crippen molar-refractivity contribution < 1.29 is 19.1 Å². The first-order chi connectivity index (χ1) is 16.4. The van der Waals surface area contributed by atoms with Gasteiger partial charge in [0, 0.05) is 54.7 Å². The molecule has 2 aliphatic heterocycles. The van der Waals surface area contributed by atoms with Crippen LogP contribution in [-0.4, -0.2) is 62.5 Å². The van der Waals surface area contributed by atoms with Crippen molar-refractivity contribution in [3.63, 3.8) is 0 Å². The molecule has 2 aromatic carbocycles. The maximum Gasteiger partial charge on any atom is 0.338 e. The Bertz CT molecular complexity index is 1120. The molecule has 2 N–H and O–H groups in total. The highest BCUT2D eigenvalue weighted by Gasteiger charge is 2.34. The quantitative estimate of drug-likeness (QED) is 0.485. The zero-order valence-electron chi connectivity index (χ0n) is 19.1. The lowest BCUT2D eigenvalue weighted by Gasteiger charge is -2.38. The number of ether oxygens (including phenoxy) is 1. The van der Waals surface area contributed by atoms with Gasteiger partial charge in [0.2, 0.25) is 0 Å². The second kappa shape index (κ2) is 10.3. The van der Waals surface area contributed by atoms with E-state index in [-0.39, 0.29) is 11.8 Å². The summed E-state index contributed by atoms with van der Waals surface area (Å²) in [7, 11) is 1.33. The highest BCUT2D eigenvalue weighted by atomic mass is 35.5. The van der Waals surface area contributed by atoms with Gasteiger partial charge >= 0.3 is 12.0 Å². The Balaban J connectivity index is 1.51. The van der Waals surface area contributed by atoms with E-state index in [1.807, 2.05) is 30.3 Å². The fourth-order valence-corrected chi connectivity index (χ4v) is 4.52. The SMILES string of the molecule is COC(=O)C1=C(CN2CCN(c3ccc(C(C)=O)cc3)CC2)NC(=O)N[C@@H]1c1cccc(Cl)c1. The Hall–Kier alpha value is -3.36. The van der Waals surface area contributed by atoms with Crippen LogP contribution in [0.4, 0.5) is 10.5 Å². The highest BCUT2D eigenvalue weighted by molar-refractivity contribution is 6.30. The molecule has 0 aromatic heterocycles. The van der Waals surface area contributed by atoms with Gasteiger partial charge in [0.1, 0.15) is 0 Å². The minimum atomic E-state index is -0.657. The van der Waals surface area contributed by atoms with Crippen LogP contribution in [0.3, 0.4) is 0 Å². The minimum Gasteiger partial charge on any atom is -0.466 e. The Morgan fingerprint density at radius 1 is 1.09 bits per heavy atom. The van der Waals surface area contributed by atoms with E-state index in [9.17, 15) is 14.4 Å². The summed E-state index contributed by atoms with van der Waals surface area (Å²) < 4.78 is 5.06. The third-order valence-electron chi connectivity index (χ3n) is 6.13. The molecule has 8 nitrogen and oxygen atoms in total. The number of halogens is 1. The molecule has 2 amide bonds. The van der Waals surface area contributed by atoms with Gasteiger partial charge in [-0.3, -0.25) is 9.69 Å². The number of nitrogens with zero attached hydrogens (tertiary/aromatic N) is 2. The fraction of sp³-hybridized carbons (Fsp3) is 0.320. The maximum absolute atomic E-state index is 12.8. The van der Waals surface area contributed by atoms with Crippen molar-refractivity contribution in [3.05, 3.63) is 76.0 Å². The predicted molar refractivity (Wildman–Crippen MR) is 130 cm³/mol. The second-order valence-corrected chi connectivity index (χ2v) is 8.77. The highest BCUT2D eigenvalue weighted by Crippen LogP contribution is 2.29. The number of rotatable bonds is 6. The average molecular weight is 483 g/mol. The first-order valence-corrected chi connectivity index (χ1v) is 11.5. The Morgan fingerprint density at radius 2 is 1.79 bits per heavy atom. The van der Waals surface area contributed by atoms with Gasteiger partial charge in [-0.1, -0.05) is 23.7 Å². The number of anilines is 1. The van der Waals surface area contributed by atoms with Crippen molar-refractivity contribution in [2.45, 2.75) is 13.0 Å². The molecule has 1 atom stereocenters. The summed E-state index contributed by atoms with van der Waals surface area (Å²) in [4.78, 5) is 41.2. The molecule has 0 saturated carbocycles. The topological polar surface area (TPSA) is 91.0 Å².